The van der Waals surface area contributed by atoms with E-state index in [4.69, 9.17) is 0 Å². The second-order valence-electron chi connectivity index (χ2n) is 6.19. The van der Waals surface area contributed by atoms with E-state index in [1.165, 1.54) is 0 Å². The summed E-state index contributed by atoms with van der Waals surface area (Å²) in [6, 6.07) is 11.1. The normalized spacial score (nSPS) is 10.5. The number of aromatic nitrogens is 3. The third-order valence-electron chi connectivity index (χ3n) is 4.35. The minimum absolute atomic E-state index is 0.107. The molecule has 0 fully saturated rings. The number of amides is 1. The molecule has 3 aromatic rings. The van der Waals surface area contributed by atoms with Crippen LogP contribution in [0.1, 0.15) is 27.2 Å². The monoisotopic (exact) mass is 363 g/mol. The Kier molecular flexibility index (Phi) is 5.30. The maximum atomic E-state index is 11.9. The number of anilines is 1. The van der Waals surface area contributed by atoms with Gasteiger partial charge in [-0.2, -0.15) is 0 Å². The van der Waals surface area contributed by atoms with E-state index in [0.717, 1.165) is 11.1 Å². The SMILES string of the molecule is CNC(=O)c1ccc(CNc2ccc(-c3nc(C)c(C)c(=O)[nH]3)cn2)cc1. The van der Waals surface area contributed by atoms with Crippen LogP contribution >= 0.6 is 0 Å². The van der Waals surface area contributed by atoms with Crippen LogP contribution in [0.5, 0.6) is 0 Å². The predicted molar refractivity (Wildman–Crippen MR) is 105 cm³/mol. The van der Waals surface area contributed by atoms with E-state index in [0.29, 0.717) is 35.0 Å². The number of carbonyl (C=O) groups is 1. The molecule has 1 aromatic carbocycles. The van der Waals surface area contributed by atoms with Gasteiger partial charge in [0.2, 0.25) is 0 Å². The Morgan fingerprint density at radius 3 is 2.44 bits per heavy atom. The molecular weight excluding hydrogens is 342 g/mol. The first-order valence-electron chi connectivity index (χ1n) is 8.57. The van der Waals surface area contributed by atoms with Crippen LogP contribution in [0.2, 0.25) is 0 Å². The summed E-state index contributed by atoms with van der Waals surface area (Å²) in [6.45, 7) is 4.14. The van der Waals surface area contributed by atoms with E-state index in [1.54, 1.807) is 32.3 Å². The molecule has 3 rings (SSSR count). The predicted octanol–water partition coefficient (Wildman–Crippen LogP) is 2.42. The number of aryl methyl sites for hydroxylation is 1. The van der Waals surface area contributed by atoms with Crippen molar-refractivity contribution in [2.24, 2.45) is 0 Å². The Morgan fingerprint density at radius 1 is 1.11 bits per heavy atom. The Labute approximate surface area is 156 Å². The molecule has 3 N–H and O–H groups in total. The Bertz CT molecular complexity index is 1010. The van der Waals surface area contributed by atoms with Crippen molar-refractivity contribution in [1.82, 2.24) is 20.3 Å². The first-order chi connectivity index (χ1) is 13.0. The largest absolute Gasteiger partial charge is 0.366 e. The van der Waals surface area contributed by atoms with Gasteiger partial charge in [0.15, 0.2) is 0 Å². The van der Waals surface area contributed by atoms with Crippen LogP contribution < -0.4 is 16.2 Å². The minimum Gasteiger partial charge on any atom is -0.366 e. The molecule has 27 heavy (non-hydrogen) atoms. The molecule has 1 amide bonds. The molecule has 7 heteroatoms. The molecule has 0 bridgehead atoms. The van der Waals surface area contributed by atoms with Crippen molar-refractivity contribution in [3.63, 3.8) is 0 Å². The summed E-state index contributed by atoms with van der Waals surface area (Å²) in [7, 11) is 1.61. The minimum atomic E-state index is -0.139. The highest BCUT2D eigenvalue weighted by Crippen LogP contribution is 2.16. The molecule has 0 radical (unpaired) electrons. The maximum absolute atomic E-state index is 11.9. The van der Waals surface area contributed by atoms with Gasteiger partial charge in [0.05, 0.1) is 0 Å². The van der Waals surface area contributed by atoms with Gasteiger partial charge in [-0.25, -0.2) is 9.97 Å². The van der Waals surface area contributed by atoms with E-state index in [-0.39, 0.29) is 11.5 Å². The zero-order chi connectivity index (χ0) is 19.4. The fourth-order valence-corrected chi connectivity index (χ4v) is 2.53. The van der Waals surface area contributed by atoms with Crippen molar-refractivity contribution < 1.29 is 4.79 Å². The summed E-state index contributed by atoms with van der Waals surface area (Å²) in [5.74, 6) is 1.11. The van der Waals surface area contributed by atoms with Gasteiger partial charge in [-0.05, 0) is 43.7 Å². The van der Waals surface area contributed by atoms with E-state index in [1.807, 2.05) is 31.2 Å². The lowest BCUT2D eigenvalue weighted by Crippen LogP contribution is -2.17. The van der Waals surface area contributed by atoms with Gasteiger partial charge >= 0.3 is 0 Å². The maximum Gasteiger partial charge on any atom is 0.254 e. The van der Waals surface area contributed by atoms with Crippen LogP contribution in [-0.4, -0.2) is 27.9 Å². The molecule has 0 saturated carbocycles. The van der Waals surface area contributed by atoms with Crippen LogP contribution in [0.25, 0.3) is 11.4 Å². The van der Waals surface area contributed by atoms with Crippen LogP contribution in [0.4, 0.5) is 5.82 Å². The average molecular weight is 363 g/mol. The number of hydrogen-bond acceptors (Lipinski definition) is 5. The van der Waals surface area contributed by atoms with Gasteiger partial charge < -0.3 is 15.6 Å². The molecule has 138 valence electrons. The van der Waals surface area contributed by atoms with E-state index in [2.05, 4.69) is 25.6 Å². The van der Waals surface area contributed by atoms with Crippen molar-refractivity contribution in [1.29, 1.82) is 0 Å². The van der Waals surface area contributed by atoms with Gasteiger partial charge in [-0.15, -0.1) is 0 Å². The van der Waals surface area contributed by atoms with Crippen molar-refractivity contribution in [3.8, 4) is 11.4 Å². The van der Waals surface area contributed by atoms with Gasteiger partial charge in [0.25, 0.3) is 11.5 Å². The van der Waals surface area contributed by atoms with Gasteiger partial charge in [0, 0.05) is 42.2 Å². The summed E-state index contributed by atoms with van der Waals surface area (Å²) in [5.41, 5.74) is 3.59. The topological polar surface area (TPSA) is 99.8 Å². The number of benzene rings is 1. The molecule has 0 atom stereocenters. The molecular formula is C20H21N5O2. The zero-order valence-corrected chi connectivity index (χ0v) is 15.5. The summed E-state index contributed by atoms with van der Waals surface area (Å²) >= 11 is 0. The Morgan fingerprint density at radius 2 is 1.85 bits per heavy atom. The second-order valence-corrected chi connectivity index (χ2v) is 6.19. The summed E-state index contributed by atoms with van der Waals surface area (Å²) in [5, 5.41) is 5.83. The molecule has 0 aliphatic carbocycles. The lowest BCUT2D eigenvalue weighted by atomic mass is 10.1. The first kappa shape index (κ1) is 18.3. The number of nitrogens with one attached hydrogen (secondary N) is 3. The van der Waals surface area contributed by atoms with Gasteiger partial charge in [-0.1, -0.05) is 12.1 Å². The van der Waals surface area contributed by atoms with E-state index < -0.39 is 0 Å². The quantitative estimate of drug-likeness (QED) is 0.646. The van der Waals surface area contributed by atoms with Gasteiger partial charge in [0.1, 0.15) is 11.6 Å². The van der Waals surface area contributed by atoms with Crippen LogP contribution in [0.3, 0.4) is 0 Å². The zero-order valence-electron chi connectivity index (χ0n) is 15.5. The Hall–Kier alpha value is -3.48. The standard InChI is InChI=1S/C20H21N5O2/c1-12-13(2)24-18(25-19(12)26)16-8-9-17(23-11-16)22-10-14-4-6-15(7-5-14)20(27)21-3/h4-9,11H,10H2,1-3H3,(H,21,27)(H,22,23)(H,24,25,26). The molecule has 0 spiro atoms. The van der Waals surface area contributed by atoms with E-state index in [9.17, 15) is 9.59 Å². The molecule has 0 unspecified atom stereocenters. The van der Waals surface area contributed by atoms with Crippen molar-refractivity contribution in [2.75, 3.05) is 12.4 Å². The summed E-state index contributed by atoms with van der Waals surface area (Å²) in [6.07, 6.45) is 1.67. The molecule has 0 saturated heterocycles. The average Bonchev–Trinajstić information content (AvgIpc) is 2.70. The highest BCUT2D eigenvalue weighted by Gasteiger charge is 2.07. The fraction of sp³-hybridized carbons (Fsp3) is 0.200. The lowest BCUT2D eigenvalue weighted by molar-refractivity contribution is 0.0963. The van der Waals surface area contributed by atoms with Crippen LogP contribution in [-0.2, 0) is 6.54 Å². The van der Waals surface area contributed by atoms with Crippen LogP contribution in [0.15, 0.2) is 47.4 Å². The molecule has 0 aliphatic rings. The second kappa shape index (κ2) is 7.82. The number of pyridine rings is 1. The Balaban J connectivity index is 1.67. The molecule has 7 nitrogen and oxygen atoms in total. The molecule has 2 heterocycles. The third-order valence-corrected chi connectivity index (χ3v) is 4.35. The van der Waals surface area contributed by atoms with Crippen molar-refractivity contribution >= 4 is 11.7 Å². The summed E-state index contributed by atoms with van der Waals surface area (Å²) in [4.78, 5) is 35.0. The third kappa shape index (κ3) is 4.20. The highest BCUT2D eigenvalue weighted by atomic mass is 16.1. The van der Waals surface area contributed by atoms with Crippen molar-refractivity contribution in [3.05, 3.63) is 75.3 Å². The number of H-pyrrole nitrogens is 1. The number of rotatable bonds is 5. The van der Waals surface area contributed by atoms with Gasteiger partial charge in [-0.3, -0.25) is 9.59 Å². The lowest BCUT2D eigenvalue weighted by Gasteiger charge is -2.08. The molecule has 0 aliphatic heterocycles. The number of carbonyl (C=O) groups excluding carboxylic acids is 1. The summed E-state index contributed by atoms with van der Waals surface area (Å²) < 4.78 is 0. The smallest absolute Gasteiger partial charge is 0.254 e. The van der Waals surface area contributed by atoms with Crippen LogP contribution in [0, 0.1) is 13.8 Å². The molecule has 2 aromatic heterocycles. The highest BCUT2D eigenvalue weighted by molar-refractivity contribution is 5.93. The van der Waals surface area contributed by atoms with E-state index >= 15 is 0 Å². The first-order valence-corrected chi connectivity index (χ1v) is 8.57. The fourth-order valence-electron chi connectivity index (χ4n) is 2.53. The van der Waals surface area contributed by atoms with Crippen molar-refractivity contribution in [2.45, 2.75) is 20.4 Å². The number of nitrogens with zero attached hydrogens (tertiary/aromatic N) is 2. The number of hydrogen-bond donors (Lipinski definition) is 3. The number of aromatic amines is 1.